The number of imide groups is 1. The molecular formula is C25H19NO4. The van der Waals surface area contributed by atoms with Gasteiger partial charge in [-0.2, -0.15) is 0 Å². The van der Waals surface area contributed by atoms with Crippen molar-refractivity contribution in [2.75, 3.05) is 12.0 Å². The van der Waals surface area contributed by atoms with Crippen molar-refractivity contribution in [1.82, 2.24) is 0 Å². The number of anilines is 1. The van der Waals surface area contributed by atoms with Gasteiger partial charge in [-0.15, -0.1) is 0 Å². The first-order valence-electron chi connectivity index (χ1n) is 9.45. The zero-order valence-corrected chi connectivity index (χ0v) is 16.6. The van der Waals surface area contributed by atoms with Gasteiger partial charge in [-0.3, -0.25) is 14.4 Å². The quantitative estimate of drug-likeness (QED) is 0.484. The van der Waals surface area contributed by atoms with Crippen LogP contribution in [0.5, 0.6) is 5.75 Å². The zero-order valence-electron chi connectivity index (χ0n) is 16.6. The van der Waals surface area contributed by atoms with Gasteiger partial charge in [-0.1, -0.05) is 60.7 Å². The predicted octanol–water partition coefficient (Wildman–Crippen LogP) is 4.38. The maximum Gasteiger partial charge on any atom is 0.266 e. The van der Waals surface area contributed by atoms with E-state index in [0.29, 0.717) is 28.1 Å². The molecule has 1 aliphatic heterocycles. The first kappa shape index (κ1) is 19.3. The lowest BCUT2D eigenvalue weighted by molar-refractivity contribution is -0.122. The Morgan fingerprint density at radius 1 is 0.800 bits per heavy atom. The van der Waals surface area contributed by atoms with Crippen LogP contribution in [-0.4, -0.2) is 24.7 Å². The Morgan fingerprint density at radius 3 is 2.07 bits per heavy atom. The van der Waals surface area contributed by atoms with Gasteiger partial charge in [0.05, 0.1) is 18.4 Å². The van der Waals surface area contributed by atoms with Crippen LogP contribution in [0.25, 0.3) is 11.1 Å². The van der Waals surface area contributed by atoms with Crippen LogP contribution in [0.2, 0.25) is 0 Å². The molecule has 0 fully saturated rings. The minimum atomic E-state index is -0.501. The fourth-order valence-corrected chi connectivity index (χ4v) is 3.65. The van der Waals surface area contributed by atoms with Crippen molar-refractivity contribution in [3.05, 3.63) is 95.6 Å². The topological polar surface area (TPSA) is 63.7 Å². The van der Waals surface area contributed by atoms with Crippen molar-refractivity contribution in [3.63, 3.8) is 0 Å². The van der Waals surface area contributed by atoms with Crippen LogP contribution in [0.15, 0.2) is 78.9 Å². The van der Waals surface area contributed by atoms with E-state index in [1.54, 1.807) is 79.9 Å². The number of carbonyl (C=O) groups excluding carboxylic acids is 3. The van der Waals surface area contributed by atoms with Crippen LogP contribution in [0.3, 0.4) is 0 Å². The molecule has 3 aromatic rings. The molecule has 5 nitrogen and oxygen atoms in total. The summed E-state index contributed by atoms with van der Waals surface area (Å²) >= 11 is 0. The lowest BCUT2D eigenvalue weighted by Gasteiger charge is -2.13. The van der Waals surface area contributed by atoms with E-state index in [0.717, 1.165) is 4.90 Å². The number of methoxy groups -OCH3 is 1. The van der Waals surface area contributed by atoms with Gasteiger partial charge in [0.2, 0.25) is 5.91 Å². The number of amides is 2. The molecule has 2 amide bonds. The lowest BCUT2D eigenvalue weighted by atomic mass is 9.89. The molecule has 30 heavy (non-hydrogen) atoms. The lowest BCUT2D eigenvalue weighted by Crippen LogP contribution is -2.31. The molecule has 5 heteroatoms. The van der Waals surface area contributed by atoms with Crippen LogP contribution < -0.4 is 9.64 Å². The fourth-order valence-electron chi connectivity index (χ4n) is 3.65. The molecule has 1 aliphatic rings. The van der Waals surface area contributed by atoms with Gasteiger partial charge in [0.15, 0.2) is 5.78 Å². The number of Topliss-reactive ketones (excluding diaryl/α,β-unsaturated/α-hetero) is 1. The third kappa shape index (κ3) is 3.20. The molecule has 0 N–H and O–H groups in total. The van der Waals surface area contributed by atoms with Gasteiger partial charge in [0, 0.05) is 23.6 Å². The molecule has 0 spiro atoms. The Morgan fingerprint density at radius 2 is 1.43 bits per heavy atom. The SMILES string of the molecule is COc1ccc(C(C(=O)c2ccccc2)=C2C(=O)N(C(C)=O)c3ccccc32)cc1. The summed E-state index contributed by atoms with van der Waals surface area (Å²) in [6.45, 7) is 1.34. The van der Waals surface area contributed by atoms with Crippen LogP contribution in [0, 0.1) is 0 Å². The van der Waals surface area contributed by atoms with Crippen molar-refractivity contribution < 1.29 is 19.1 Å². The highest BCUT2D eigenvalue weighted by atomic mass is 16.5. The Kier molecular flexibility index (Phi) is 5.02. The van der Waals surface area contributed by atoms with E-state index < -0.39 is 11.8 Å². The van der Waals surface area contributed by atoms with Crippen LogP contribution in [0.1, 0.15) is 28.4 Å². The van der Waals surface area contributed by atoms with E-state index in [1.165, 1.54) is 6.92 Å². The molecule has 1 heterocycles. The summed E-state index contributed by atoms with van der Waals surface area (Å²) in [5.41, 5.74) is 2.56. The van der Waals surface area contributed by atoms with Gasteiger partial charge >= 0.3 is 0 Å². The van der Waals surface area contributed by atoms with E-state index in [4.69, 9.17) is 4.74 Å². The Labute approximate surface area is 174 Å². The van der Waals surface area contributed by atoms with E-state index in [2.05, 4.69) is 0 Å². The van der Waals surface area contributed by atoms with Gasteiger partial charge < -0.3 is 4.74 Å². The molecular weight excluding hydrogens is 378 g/mol. The number of ether oxygens (including phenoxy) is 1. The van der Waals surface area contributed by atoms with E-state index in [9.17, 15) is 14.4 Å². The highest BCUT2D eigenvalue weighted by Crippen LogP contribution is 2.42. The number of benzene rings is 3. The molecule has 0 atom stereocenters. The Hall–Kier alpha value is -3.99. The highest BCUT2D eigenvalue weighted by molar-refractivity contribution is 6.51. The van der Waals surface area contributed by atoms with E-state index in [1.807, 2.05) is 6.07 Å². The average Bonchev–Trinajstić information content (AvgIpc) is 3.07. The summed E-state index contributed by atoms with van der Waals surface area (Å²) in [5, 5.41) is 0. The van der Waals surface area contributed by atoms with Crippen molar-refractivity contribution in [2.45, 2.75) is 6.92 Å². The predicted molar refractivity (Wildman–Crippen MR) is 115 cm³/mol. The molecule has 148 valence electrons. The number of allylic oxidation sites excluding steroid dienone is 1. The summed E-state index contributed by atoms with van der Waals surface area (Å²) in [7, 11) is 1.56. The third-order valence-corrected chi connectivity index (χ3v) is 5.04. The molecule has 3 aromatic carbocycles. The van der Waals surface area contributed by atoms with Crippen LogP contribution in [-0.2, 0) is 9.59 Å². The average molecular weight is 397 g/mol. The normalized spacial score (nSPS) is 14.3. The van der Waals surface area contributed by atoms with Crippen LogP contribution in [0.4, 0.5) is 5.69 Å². The first-order valence-corrected chi connectivity index (χ1v) is 9.45. The largest absolute Gasteiger partial charge is 0.497 e. The monoisotopic (exact) mass is 397 g/mol. The number of para-hydroxylation sites is 1. The molecule has 0 saturated carbocycles. The maximum absolute atomic E-state index is 13.6. The maximum atomic E-state index is 13.6. The molecule has 0 bridgehead atoms. The third-order valence-electron chi connectivity index (χ3n) is 5.04. The highest BCUT2D eigenvalue weighted by Gasteiger charge is 2.38. The number of fused-ring (bicyclic) bond motifs is 1. The molecule has 4 rings (SSSR count). The number of carbonyl (C=O) groups is 3. The second-order valence-corrected chi connectivity index (χ2v) is 6.85. The van der Waals surface area contributed by atoms with E-state index in [-0.39, 0.29) is 16.9 Å². The molecule has 0 aromatic heterocycles. The minimum absolute atomic E-state index is 0.222. The Balaban J connectivity index is 2.02. The number of nitrogens with zero attached hydrogens (tertiary/aromatic N) is 1. The number of ketones is 1. The summed E-state index contributed by atoms with van der Waals surface area (Å²) in [4.78, 5) is 40.3. The number of hydrogen-bond donors (Lipinski definition) is 0. The molecule has 0 aliphatic carbocycles. The molecule has 0 saturated heterocycles. The van der Waals surface area contributed by atoms with Crippen molar-refractivity contribution in [1.29, 1.82) is 0 Å². The van der Waals surface area contributed by atoms with E-state index >= 15 is 0 Å². The van der Waals surface area contributed by atoms with Gasteiger partial charge in [-0.25, -0.2) is 4.90 Å². The Bertz CT molecular complexity index is 1180. The van der Waals surface area contributed by atoms with Gasteiger partial charge in [0.1, 0.15) is 5.75 Å². The smallest absolute Gasteiger partial charge is 0.266 e. The zero-order chi connectivity index (χ0) is 21.3. The summed E-state index contributed by atoms with van der Waals surface area (Å²) in [6.07, 6.45) is 0. The minimum Gasteiger partial charge on any atom is -0.497 e. The van der Waals surface area contributed by atoms with Gasteiger partial charge in [0.25, 0.3) is 5.91 Å². The number of rotatable bonds is 4. The molecule has 0 unspecified atom stereocenters. The first-order chi connectivity index (χ1) is 14.5. The second kappa shape index (κ2) is 7.79. The summed E-state index contributed by atoms with van der Waals surface area (Å²) in [6, 6.07) is 22.8. The standard InChI is InChI=1S/C25H19NO4/c1-16(27)26-21-11-7-6-10-20(21)23(25(26)29)22(17-12-14-19(30-2)15-13-17)24(28)18-8-4-3-5-9-18/h3-15H,1-2H3. The summed E-state index contributed by atoms with van der Waals surface area (Å²) < 4.78 is 5.22. The fraction of sp³-hybridized carbons (Fsp3) is 0.0800. The van der Waals surface area contributed by atoms with Gasteiger partial charge in [-0.05, 0) is 23.8 Å². The second-order valence-electron chi connectivity index (χ2n) is 6.85. The number of hydrogen-bond acceptors (Lipinski definition) is 4. The van der Waals surface area contributed by atoms with Crippen molar-refractivity contribution >= 4 is 34.4 Å². The van der Waals surface area contributed by atoms with Crippen molar-refractivity contribution in [3.8, 4) is 5.75 Å². The summed E-state index contributed by atoms with van der Waals surface area (Å²) in [5.74, 6) is -0.550. The molecule has 0 radical (unpaired) electrons. The van der Waals surface area contributed by atoms with Crippen LogP contribution >= 0.6 is 0 Å². The van der Waals surface area contributed by atoms with Crippen molar-refractivity contribution in [2.24, 2.45) is 0 Å².